The van der Waals surface area contributed by atoms with Crippen molar-refractivity contribution in [3.8, 4) is 0 Å². The van der Waals surface area contributed by atoms with Crippen molar-refractivity contribution in [2.75, 3.05) is 25.0 Å². The fraction of sp³-hybridized carbons (Fsp3) is 0.692. The molecule has 4 nitrogen and oxygen atoms in total. The van der Waals surface area contributed by atoms with Crippen molar-refractivity contribution in [1.82, 2.24) is 14.9 Å². The molecule has 1 N–H and O–H groups in total. The third-order valence-corrected chi connectivity index (χ3v) is 3.15. The summed E-state index contributed by atoms with van der Waals surface area (Å²) in [5.74, 6) is 0.868. The van der Waals surface area contributed by atoms with Gasteiger partial charge < -0.3 is 5.32 Å². The van der Waals surface area contributed by atoms with Gasteiger partial charge in [0.25, 0.3) is 0 Å². The van der Waals surface area contributed by atoms with Gasteiger partial charge in [0.15, 0.2) is 0 Å². The van der Waals surface area contributed by atoms with E-state index in [1.165, 1.54) is 38.8 Å². The molecule has 1 aliphatic heterocycles. The van der Waals surface area contributed by atoms with Crippen LogP contribution in [0.5, 0.6) is 0 Å². The van der Waals surface area contributed by atoms with Crippen molar-refractivity contribution in [2.24, 2.45) is 0 Å². The molecule has 0 aromatic carbocycles. The van der Waals surface area contributed by atoms with Crippen molar-refractivity contribution in [3.05, 3.63) is 18.1 Å². The smallest absolute Gasteiger partial charge is 0.144 e. The molecule has 0 bridgehead atoms. The first-order valence-corrected chi connectivity index (χ1v) is 6.65. The predicted molar refractivity (Wildman–Crippen MR) is 69.9 cm³/mol. The Bertz CT molecular complexity index is 315. The van der Waals surface area contributed by atoms with Gasteiger partial charge in [0.05, 0.1) is 18.1 Å². The average molecular weight is 234 g/mol. The van der Waals surface area contributed by atoms with Crippen molar-refractivity contribution in [2.45, 2.75) is 39.2 Å². The quantitative estimate of drug-likeness (QED) is 0.868. The van der Waals surface area contributed by atoms with Crippen LogP contribution in [0.3, 0.4) is 0 Å². The van der Waals surface area contributed by atoms with Gasteiger partial charge in [-0.2, -0.15) is 0 Å². The van der Waals surface area contributed by atoms with Gasteiger partial charge in [-0.1, -0.05) is 12.8 Å². The number of likely N-dealkylation sites (tertiary alicyclic amines) is 1. The summed E-state index contributed by atoms with van der Waals surface area (Å²) >= 11 is 0. The molecule has 94 valence electrons. The van der Waals surface area contributed by atoms with E-state index in [4.69, 9.17) is 0 Å². The summed E-state index contributed by atoms with van der Waals surface area (Å²) < 4.78 is 0. The lowest BCUT2D eigenvalue weighted by Crippen LogP contribution is -2.24. The standard InChI is InChI=1S/C13H22N4/c1-2-14-13-10-15-12(9-16-13)11-17-7-5-3-4-6-8-17/h9-10H,2-8,11H2,1H3,(H,14,16). The fourth-order valence-electron chi connectivity index (χ4n) is 2.23. The summed E-state index contributed by atoms with van der Waals surface area (Å²) in [6.45, 7) is 6.31. The SMILES string of the molecule is CCNc1cnc(CN2CCCCCC2)cn1. The molecule has 0 saturated carbocycles. The molecule has 1 fully saturated rings. The van der Waals surface area contributed by atoms with E-state index < -0.39 is 0 Å². The van der Waals surface area contributed by atoms with Crippen LogP contribution in [0.1, 0.15) is 38.3 Å². The number of rotatable bonds is 4. The number of hydrogen-bond acceptors (Lipinski definition) is 4. The molecule has 2 rings (SSSR count). The van der Waals surface area contributed by atoms with E-state index in [2.05, 4.69) is 27.1 Å². The molecule has 1 saturated heterocycles. The zero-order valence-corrected chi connectivity index (χ0v) is 10.7. The van der Waals surface area contributed by atoms with Crippen LogP contribution in [0.15, 0.2) is 12.4 Å². The lowest BCUT2D eigenvalue weighted by atomic mass is 10.2. The number of aromatic nitrogens is 2. The van der Waals surface area contributed by atoms with Crippen LogP contribution in [-0.2, 0) is 6.54 Å². The zero-order chi connectivity index (χ0) is 11.9. The Morgan fingerprint density at radius 1 is 1.12 bits per heavy atom. The van der Waals surface area contributed by atoms with Crippen molar-refractivity contribution < 1.29 is 0 Å². The lowest BCUT2D eigenvalue weighted by Gasteiger charge is -2.18. The van der Waals surface area contributed by atoms with Crippen LogP contribution in [-0.4, -0.2) is 34.5 Å². The highest BCUT2D eigenvalue weighted by Gasteiger charge is 2.10. The minimum absolute atomic E-state index is 0.868. The van der Waals surface area contributed by atoms with Crippen molar-refractivity contribution in [3.63, 3.8) is 0 Å². The summed E-state index contributed by atoms with van der Waals surface area (Å²) in [5, 5.41) is 3.16. The zero-order valence-electron chi connectivity index (χ0n) is 10.7. The highest BCUT2D eigenvalue weighted by Crippen LogP contribution is 2.12. The van der Waals surface area contributed by atoms with Gasteiger partial charge in [0.1, 0.15) is 5.82 Å². The van der Waals surface area contributed by atoms with E-state index in [-0.39, 0.29) is 0 Å². The topological polar surface area (TPSA) is 41.1 Å². The Labute approximate surface area is 103 Å². The molecular formula is C13H22N4. The van der Waals surface area contributed by atoms with Crippen molar-refractivity contribution in [1.29, 1.82) is 0 Å². The number of anilines is 1. The average Bonchev–Trinajstić information content (AvgIpc) is 2.61. The van der Waals surface area contributed by atoms with E-state index in [0.29, 0.717) is 0 Å². The normalized spacial score (nSPS) is 17.7. The molecule has 0 radical (unpaired) electrons. The predicted octanol–water partition coefficient (Wildman–Crippen LogP) is 2.28. The van der Waals surface area contributed by atoms with Crippen LogP contribution in [0.4, 0.5) is 5.82 Å². The Hall–Kier alpha value is -1.16. The molecular weight excluding hydrogens is 212 g/mol. The van der Waals surface area contributed by atoms with Gasteiger partial charge in [-0.05, 0) is 32.9 Å². The maximum atomic E-state index is 4.46. The summed E-state index contributed by atoms with van der Waals surface area (Å²) in [4.78, 5) is 11.3. The molecule has 0 spiro atoms. The summed E-state index contributed by atoms with van der Waals surface area (Å²) in [6.07, 6.45) is 9.12. The molecule has 4 heteroatoms. The van der Waals surface area contributed by atoms with E-state index in [1.54, 1.807) is 0 Å². The van der Waals surface area contributed by atoms with Crippen LogP contribution in [0.25, 0.3) is 0 Å². The van der Waals surface area contributed by atoms with Crippen LogP contribution >= 0.6 is 0 Å². The Balaban J connectivity index is 1.88. The fourth-order valence-corrected chi connectivity index (χ4v) is 2.23. The minimum Gasteiger partial charge on any atom is -0.369 e. The monoisotopic (exact) mass is 234 g/mol. The van der Waals surface area contributed by atoms with Gasteiger partial charge in [0.2, 0.25) is 0 Å². The van der Waals surface area contributed by atoms with E-state index in [1.807, 2.05) is 12.4 Å². The number of hydrogen-bond donors (Lipinski definition) is 1. The first-order chi connectivity index (χ1) is 8.38. The number of nitrogens with zero attached hydrogens (tertiary/aromatic N) is 3. The second-order valence-electron chi connectivity index (χ2n) is 4.61. The maximum Gasteiger partial charge on any atom is 0.144 e. The van der Waals surface area contributed by atoms with Gasteiger partial charge in [0, 0.05) is 13.1 Å². The summed E-state index contributed by atoms with van der Waals surface area (Å²) in [6, 6.07) is 0. The third-order valence-electron chi connectivity index (χ3n) is 3.15. The molecule has 0 amide bonds. The third kappa shape index (κ3) is 3.97. The first-order valence-electron chi connectivity index (χ1n) is 6.65. The van der Waals surface area contributed by atoms with Gasteiger partial charge in [-0.15, -0.1) is 0 Å². The highest BCUT2D eigenvalue weighted by molar-refractivity contribution is 5.30. The van der Waals surface area contributed by atoms with Gasteiger partial charge in [-0.25, -0.2) is 4.98 Å². The summed E-state index contributed by atoms with van der Waals surface area (Å²) in [7, 11) is 0. The van der Waals surface area contributed by atoms with E-state index in [0.717, 1.165) is 24.6 Å². The lowest BCUT2D eigenvalue weighted by molar-refractivity contribution is 0.273. The molecule has 1 aliphatic rings. The van der Waals surface area contributed by atoms with Gasteiger partial charge >= 0.3 is 0 Å². The highest BCUT2D eigenvalue weighted by atomic mass is 15.1. The van der Waals surface area contributed by atoms with Crippen molar-refractivity contribution >= 4 is 5.82 Å². The Morgan fingerprint density at radius 3 is 2.47 bits per heavy atom. The van der Waals surface area contributed by atoms with E-state index in [9.17, 15) is 0 Å². The van der Waals surface area contributed by atoms with E-state index >= 15 is 0 Å². The largest absolute Gasteiger partial charge is 0.369 e. The molecule has 17 heavy (non-hydrogen) atoms. The maximum absolute atomic E-state index is 4.46. The Kier molecular flexibility index (Phi) is 4.74. The van der Waals surface area contributed by atoms with Crippen LogP contribution < -0.4 is 5.32 Å². The number of nitrogens with one attached hydrogen (secondary N) is 1. The second-order valence-corrected chi connectivity index (χ2v) is 4.61. The molecule has 1 aromatic heterocycles. The first kappa shape index (κ1) is 12.3. The molecule has 1 aromatic rings. The van der Waals surface area contributed by atoms with Crippen LogP contribution in [0.2, 0.25) is 0 Å². The molecule has 2 heterocycles. The van der Waals surface area contributed by atoms with Gasteiger partial charge in [-0.3, -0.25) is 9.88 Å². The molecule has 0 unspecified atom stereocenters. The summed E-state index contributed by atoms with van der Waals surface area (Å²) in [5.41, 5.74) is 1.08. The molecule has 0 atom stereocenters. The minimum atomic E-state index is 0.868. The molecule has 0 aliphatic carbocycles. The van der Waals surface area contributed by atoms with Crippen LogP contribution in [0, 0.1) is 0 Å². The second kappa shape index (κ2) is 6.55. The Morgan fingerprint density at radius 2 is 1.88 bits per heavy atom.